The molecule has 1 amide bonds. The van der Waals surface area contributed by atoms with Crippen molar-refractivity contribution in [3.8, 4) is 5.75 Å². The maximum atomic E-state index is 12.5. The number of rotatable bonds is 4. The molecule has 0 radical (unpaired) electrons. The fourth-order valence-corrected chi connectivity index (χ4v) is 5.12. The molecular weight excluding hydrogens is 338 g/mol. The molecule has 1 aromatic carbocycles. The van der Waals surface area contributed by atoms with Crippen molar-refractivity contribution in [3.05, 3.63) is 29.8 Å². The van der Waals surface area contributed by atoms with E-state index in [1.165, 1.54) is 5.56 Å². The summed E-state index contributed by atoms with van der Waals surface area (Å²) in [6.07, 6.45) is 5.99. The van der Waals surface area contributed by atoms with Gasteiger partial charge in [-0.25, -0.2) is 0 Å². The first-order valence-electron chi connectivity index (χ1n) is 10.5. The van der Waals surface area contributed by atoms with E-state index < -0.39 is 5.60 Å². The minimum Gasteiger partial charge on any atom is -0.490 e. The zero-order chi connectivity index (χ0) is 19.2. The number of ether oxygens (including phenoxy) is 1. The largest absolute Gasteiger partial charge is 0.490 e. The molecule has 2 aliphatic carbocycles. The van der Waals surface area contributed by atoms with E-state index in [4.69, 9.17) is 4.74 Å². The Morgan fingerprint density at radius 3 is 2.26 bits per heavy atom. The van der Waals surface area contributed by atoms with Crippen LogP contribution in [0.4, 0.5) is 0 Å². The second-order valence-electron chi connectivity index (χ2n) is 9.84. The maximum absolute atomic E-state index is 12.5. The van der Waals surface area contributed by atoms with Gasteiger partial charge < -0.3 is 14.7 Å². The van der Waals surface area contributed by atoms with Crippen LogP contribution in [0.25, 0.3) is 0 Å². The molecule has 0 bridgehead atoms. The molecule has 1 aliphatic heterocycles. The monoisotopic (exact) mass is 371 g/mol. The van der Waals surface area contributed by atoms with Crippen molar-refractivity contribution in [1.82, 2.24) is 4.90 Å². The fraction of sp³-hybridized carbons (Fsp3) is 0.696. The number of benzene rings is 1. The molecule has 1 saturated heterocycles. The van der Waals surface area contributed by atoms with Gasteiger partial charge >= 0.3 is 0 Å². The molecule has 3 aliphatic rings. The second kappa shape index (κ2) is 6.80. The molecule has 1 spiro atoms. The Morgan fingerprint density at radius 1 is 1.15 bits per heavy atom. The number of nitrogens with zero attached hydrogens (tertiary/aromatic N) is 1. The van der Waals surface area contributed by atoms with Crippen molar-refractivity contribution < 1.29 is 14.6 Å². The Morgan fingerprint density at radius 2 is 1.74 bits per heavy atom. The van der Waals surface area contributed by atoms with E-state index in [0.29, 0.717) is 30.3 Å². The smallest absolute Gasteiger partial charge is 0.225 e. The molecule has 4 rings (SSSR count). The third kappa shape index (κ3) is 3.87. The number of likely N-dealkylation sites (tertiary alicyclic amines) is 1. The Balaban J connectivity index is 1.22. The van der Waals surface area contributed by atoms with Crippen molar-refractivity contribution >= 4 is 5.91 Å². The minimum atomic E-state index is -0.619. The Kier molecular flexibility index (Phi) is 4.74. The van der Waals surface area contributed by atoms with Gasteiger partial charge in [-0.05, 0) is 69.1 Å². The quantitative estimate of drug-likeness (QED) is 0.866. The molecule has 0 unspecified atom stereocenters. The van der Waals surface area contributed by atoms with E-state index in [2.05, 4.69) is 38.1 Å². The lowest BCUT2D eigenvalue weighted by atomic mass is 9.66. The fourth-order valence-electron chi connectivity index (χ4n) is 5.12. The highest BCUT2D eigenvalue weighted by atomic mass is 16.5. The van der Waals surface area contributed by atoms with Crippen molar-refractivity contribution in [2.75, 3.05) is 13.1 Å². The third-order valence-corrected chi connectivity index (χ3v) is 6.93. The first-order chi connectivity index (χ1) is 12.8. The number of hydrogen-bond donors (Lipinski definition) is 1. The minimum absolute atomic E-state index is 0.0471. The first kappa shape index (κ1) is 18.8. The molecule has 1 aromatic rings. The molecular formula is C23H33NO3. The number of hydrogen-bond acceptors (Lipinski definition) is 3. The van der Waals surface area contributed by atoms with E-state index in [1.54, 1.807) is 0 Å². The summed E-state index contributed by atoms with van der Waals surface area (Å²) >= 11 is 0. The van der Waals surface area contributed by atoms with Crippen molar-refractivity contribution in [2.24, 2.45) is 11.3 Å². The van der Waals surface area contributed by atoms with Gasteiger partial charge in [0.2, 0.25) is 5.91 Å². The molecule has 2 saturated carbocycles. The number of aliphatic hydroxyl groups is 1. The van der Waals surface area contributed by atoms with Crippen LogP contribution in [0.3, 0.4) is 0 Å². The lowest BCUT2D eigenvalue weighted by molar-refractivity contribution is -0.164. The van der Waals surface area contributed by atoms with Crippen LogP contribution < -0.4 is 4.74 Å². The third-order valence-electron chi connectivity index (χ3n) is 6.93. The molecule has 4 heteroatoms. The Labute approximate surface area is 162 Å². The van der Waals surface area contributed by atoms with Gasteiger partial charge in [0.15, 0.2) is 0 Å². The highest BCUT2D eigenvalue weighted by Crippen LogP contribution is 2.47. The second-order valence-corrected chi connectivity index (χ2v) is 9.84. The summed E-state index contributed by atoms with van der Waals surface area (Å²) in [7, 11) is 0. The average molecular weight is 372 g/mol. The van der Waals surface area contributed by atoms with Gasteiger partial charge in [0.1, 0.15) is 5.75 Å². The van der Waals surface area contributed by atoms with Crippen molar-refractivity contribution in [3.63, 3.8) is 0 Å². The normalized spacial score (nSPS) is 30.1. The number of carbonyl (C=O) groups is 1. The van der Waals surface area contributed by atoms with Crippen LogP contribution in [0, 0.1) is 11.3 Å². The molecule has 0 atom stereocenters. The van der Waals surface area contributed by atoms with Crippen LogP contribution in [0.1, 0.15) is 70.8 Å². The van der Waals surface area contributed by atoms with Crippen LogP contribution in [0.15, 0.2) is 24.3 Å². The lowest BCUT2D eigenvalue weighted by Crippen LogP contribution is -2.63. The predicted octanol–water partition coefficient (Wildman–Crippen LogP) is 4.12. The summed E-state index contributed by atoms with van der Waals surface area (Å²) in [5.74, 6) is 1.83. The summed E-state index contributed by atoms with van der Waals surface area (Å²) < 4.78 is 6.21. The zero-order valence-corrected chi connectivity index (χ0v) is 16.9. The maximum Gasteiger partial charge on any atom is 0.225 e. The van der Waals surface area contributed by atoms with Gasteiger partial charge in [-0.1, -0.05) is 26.0 Å². The highest BCUT2D eigenvalue weighted by molar-refractivity contribution is 5.81. The van der Waals surface area contributed by atoms with Gasteiger partial charge in [-0.15, -0.1) is 0 Å². The average Bonchev–Trinajstić information content (AvgIpc) is 2.58. The molecule has 27 heavy (non-hydrogen) atoms. The number of carbonyl (C=O) groups excluding carboxylic acids is 1. The standard InChI is InChI=1S/C23H33NO3/c1-16(2)17-4-6-19(7-5-17)27-20-8-10-23(11-9-20)14-24(15-23)21(25)18-12-22(3,26)13-18/h4-7,16,18,20,26H,8-15H2,1-3H3/t18-,22+. The van der Waals surface area contributed by atoms with E-state index in [0.717, 1.165) is 44.5 Å². The van der Waals surface area contributed by atoms with Crippen LogP contribution >= 0.6 is 0 Å². The molecule has 4 nitrogen and oxygen atoms in total. The number of amides is 1. The highest BCUT2D eigenvalue weighted by Gasteiger charge is 2.51. The van der Waals surface area contributed by atoms with Crippen molar-refractivity contribution in [2.45, 2.75) is 76.9 Å². The van der Waals surface area contributed by atoms with Gasteiger partial charge in [0, 0.05) is 24.4 Å². The SMILES string of the molecule is CC(C)c1ccc(OC2CCC3(CC2)CN(C(=O)[C@H]2C[C@@](C)(O)C2)C3)cc1. The predicted molar refractivity (Wildman–Crippen MR) is 106 cm³/mol. The van der Waals surface area contributed by atoms with E-state index in [9.17, 15) is 9.90 Å². The van der Waals surface area contributed by atoms with Gasteiger partial charge in [0.25, 0.3) is 0 Å². The van der Waals surface area contributed by atoms with Crippen LogP contribution in [-0.2, 0) is 4.79 Å². The molecule has 1 heterocycles. The lowest BCUT2D eigenvalue weighted by Gasteiger charge is -2.55. The van der Waals surface area contributed by atoms with Gasteiger partial charge in [-0.3, -0.25) is 4.79 Å². The molecule has 1 N–H and O–H groups in total. The Hall–Kier alpha value is -1.55. The molecule has 3 fully saturated rings. The molecule has 0 aromatic heterocycles. The molecule has 148 valence electrons. The summed E-state index contributed by atoms with van der Waals surface area (Å²) in [6.45, 7) is 8.04. The van der Waals surface area contributed by atoms with E-state index in [1.807, 2.05) is 11.8 Å². The van der Waals surface area contributed by atoms with E-state index >= 15 is 0 Å². The van der Waals surface area contributed by atoms with Crippen LogP contribution in [-0.4, -0.2) is 40.7 Å². The first-order valence-corrected chi connectivity index (χ1v) is 10.5. The Bertz CT molecular complexity index is 670. The van der Waals surface area contributed by atoms with E-state index in [-0.39, 0.29) is 11.8 Å². The summed E-state index contributed by atoms with van der Waals surface area (Å²) in [4.78, 5) is 14.5. The van der Waals surface area contributed by atoms with Gasteiger partial charge in [-0.2, -0.15) is 0 Å². The summed E-state index contributed by atoms with van der Waals surface area (Å²) in [6, 6.07) is 8.52. The van der Waals surface area contributed by atoms with Gasteiger partial charge in [0.05, 0.1) is 11.7 Å². The topological polar surface area (TPSA) is 49.8 Å². The van der Waals surface area contributed by atoms with Crippen LogP contribution in [0.5, 0.6) is 5.75 Å². The van der Waals surface area contributed by atoms with Crippen molar-refractivity contribution in [1.29, 1.82) is 0 Å². The van der Waals surface area contributed by atoms with Crippen LogP contribution in [0.2, 0.25) is 0 Å². The summed E-state index contributed by atoms with van der Waals surface area (Å²) in [5, 5.41) is 9.85. The summed E-state index contributed by atoms with van der Waals surface area (Å²) in [5.41, 5.74) is 1.05. The zero-order valence-electron chi connectivity index (χ0n) is 16.9.